The minimum Gasteiger partial charge on any atom is -0.414 e. The lowest BCUT2D eigenvalue weighted by molar-refractivity contribution is 0.101. The van der Waals surface area contributed by atoms with E-state index in [9.17, 15) is 14.7 Å². The number of hydrogen-bond acceptors (Lipinski definition) is 6. The van der Waals surface area contributed by atoms with Crippen molar-refractivity contribution in [3.8, 4) is 5.69 Å². The molecule has 0 bridgehead atoms. The summed E-state index contributed by atoms with van der Waals surface area (Å²) in [6.07, 6.45) is 4.90. The molecule has 232 valence electrons. The summed E-state index contributed by atoms with van der Waals surface area (Å²) in [4.78, 5) is 33.7. The predicted octanol–water partition coefficient (Wildman–Crippen LogP) is 5.89. The van der Waals surface area contributed by atoms with E-state index >= 15 is 0 Å². The van der Waals surface area contributed by atoms with Gasteiger partial charge in [0.2, 0.25) is 0 Å². The van der Waals surface area contributed by atoms with Crippen molar-refractivity contribution >= 4 is 50.7 Å². The Morgan fingerprint density at radius 1 is 0.783 bits per heavy atom. The third kappa shape index (κ3) is 5.90. The summed E-state index contributed by atoms with van der Waals surface area (Å²) in [6.45, 7) is 4.10. The van der Waals surface area contributed by atoms with Crippen molar-refractivity contribution in [1.82, 2.24) is 14.5 Å². The largest absolute Gasteiger partial charge is 0.414 e. The van der Waals surface area contributed by atoms with Gasteiger partial charge in [-0.15, -0.1) is 0 Å². The number of anilines is 3. The first kappa shape index (κ1) is 29.1. The molecular formula is C36H34N6O4. The fourth-order valence-corrected chi connectivity index (χ4v) is 5.87. The number of fused-ring (bicyclic) bond motifs is 2. The van der Waals surface area contributed by atoms with Crippen LogP contribution in [0.4, 0.5) is 17.1 Å². The number of rotatable bonds is 8. The molecule has 0 aliphatic carbocycles. The molecule has 1 saturated heterocycles. The van der Waals surface area contributed by atoms with Gasteiger partial charge in [-0.3, -0.25) is 9.59 Å². The van der Waals surface area contributed by atoms with Crippen LogP contribution in [0.2, 0.25) is 0 Å². The monoisotopic (exact) mass is 614 g/mol. The summed E-state index contributed by atoms with van der Waals surface area (Å²) < 4.78 is 3.53. The second kappa shape index (κ2) is 12.4. The lowest BCUT2D eigenvalue weighted by Gasteiger charge is -2.31. The van der Waals surface area contributed by atoms with Gasteiger partial charge in [0.25, 0.3) is 11.8 Å². The van der Waals surface area contributed by atoms with Crippen LogP contribution in [-0.4, -0.2) is 57.2 Å². The molecule has 46 heavy (non-hydrogen) atoms. The van der Waals surface area contributed by atoms with E-state index < -0.39 is 0 Å². The van der Waals surface area contributed by atoms with Gasteiger partial charge in [0, 0.05) is 58.2 Å². The number of carbonyl (C=O) groups excluding carboxylic acids is 2. The van der Waals surface area contributed by atoms with Crippen LogP contribution in [0.15, 0.2) is 103 Å². The maximum absolute atomic E-state index is 13.0. The Morgan fingerprint density at radius 2 is 1.43 bits per heavy atom. The number of hydrogen-bond donors (Lipinski definition) is 3. The lowest BCUT2D eigenvalue weighted by Crippen LogP contribution is -2.35. The third-order valence-electron chi connectivity index (χ3n) is 8.34. The van der Waals surface area contributed by atoms with Gasteiger partial charge in [-0.1, -0.05) is 0 Å². The van der Waals surface area contributed by atoms with E-state index in [1.807, 2.05) is 103 Å². The van der Waals surface area contributed by atoms with Crippen LogP contribution in [-0.2, 0) is 0 Å². The zero-order valence-corrected chi connectivity index (χ0v) is 25.4. The minimum absolute atomic E-state index is 0.186. The van der Waals surface area contributed by atoms with Gasteiger partial charge < -0.3 is 25.5 Å². The molecular weight excluding hydrogens is 580 g/mol. The van der Waals surface area contributed by atoms with Crippen LogP contribution < -0.4 is 20.4 Å². The van der Waals surface area contributed by atoms with Gasteiger partial charge in [-0.25, -0.2) is 4.68 Å². The van der Waals surface area contributed by atoms with Gasteiger partial charge in [-0.2, -0.15) is 9.83 Å². The highest BCUT2D eigenvalue weighted by Crippen LogP contribution is 2.25. The number of piperidine rings is 1. The number of aliphatic hydroxyl groups excluding tert-OH is 1. The molecule has 2 aromatic heterocycles. The zero-order chi connectivity index (χ0) is 31.6. The van der Waals surface area contributed by atoms with Crippen molar-refractivity contribution in [2.24, 2.45) is 0 Å². The van der Waals surface area contributed by atoms with Crippen molar-refractivity contribution in [3.63, 3.8) is 0 Å². The Balaban J connectivity index is 0.998. The highest BCUT2D eigenvalue weighted by atomic mass is 16.7. The summed E-state index contributed by atoms with van der Waals surface area (Å²) in [6, 6.07) is 28.2. The Morgan fingerprint density at radius 3 is 2.20 bits per heavy atom. The smallest absolute Gasteiger partial charge is 0.255 e. The molecule has 3 N–H and O–H groups in total. The fourth-order valence-electron chi connectivity index (χ4n) is 5.87. The Labute approximate surface area is 265 Å². The number of aliphatic hydroxyl groups is 1. The molecule has 0 atom stereocenters. The van der Waals surface area contributed by atoms with Gasteiger partial charge in [0.15, 0.2) is 0 Å². The van der Waals surface area contributed by atoms with Gasteiger partial charge >= 0.3 is 0 Å². The second-order valence-corrected chi connectivity index (χ2v) is 11.4. The van der Waals surface area contributed by atoms with E-state index in [0.717, 1.165) is 59.1 Å². The first-order chi connectivity index (χ1) is 22.4. The highest BCUT2D eigenvalue weighted by molar-refractivity contribution is 6.06. The molecule has 3 heterocycles. The maximum Gasteiger partial charge on any atom is 0.255 e. The van der Waals surface area contributed by atoms with Crippen molar-refractivity contribution in [3.05, 3.63) is 115 Å². The third-order valence-corrected chi connectivity index (χ3v) is 8.34. The maximum atomic E-state index is 13.0. The minimum atomic E-state index is -0.223. The van der Waals surface area contributed by atoms with E-state index in [0.29, 0.717) is 29.1 Å². The zero-order valence-electron chi connectivity index (χ0n) is 25.4. The first-order valence-corrected chi connectivity index (χ1v) is 15.4. The number of benzene rings is 4. The fraction of sp³-hybridized carbons (Fsp3) is 0.194. The van der Waals surface area contributed by atoms with Gasteiger partial charge in [0.1, 0.15) is 6.61 Å². The summed E-state index contributed by atoms with van der Waals surface area (Å²) in [5, 5.41) is 22.1. The van der Waals surface area contributed by atoms with E-state index in [2.05, 4.69) is 20.6 Å². The van der Waals surface area contributed by atoms with Crippen LogP contribution in [0.5, 0.6) is 0 Å². The van der Waals surface area contributed by atoms with Crippen LogP contribution in [0.3, 0.4) is 0 Å². The number of aromatic nitrogens is 3. The molecule has 10 heteroatoms. The Bertz CT molecular complexity index is 2020. The van der Waals surface area contributed by atoms with Gasteiger partial charge in [0.05, 0.1) is 29.0 Å². The van der Waals surface area contributed by atoms with E-state index in [-0.39, 0.29) is 17.9 Å². The van der Waals surface area contributed by atoms with Crippen molar-refractivity contribution in [2.45, 2.75) is 25.9 Å². The van der Waals surface area contributed by atoms with Crippen LogP contribution in [0, 0.1) is 0 Å². The number of nitrogens with one attached hydrogen (secondary N) is 2. The molecule has 1 aliphatic rings. The van der Waals surface area contributed by atoms with Crippen molar-refractivity contribution in [1.29, 1.82) is 0 Å². The molecule has 1 aliphatic heterocycles. The average molecular weight is 615 g/mol. The normalized spacial score (nSPS) is 13.7. The quantitative estimate of drug-likeness (QED) is 0.197. The summed E-state index contributed by atoms with van der Waals surface area (Å²) in [7, 11) is 0. The standard InChI is InChI=1S/C36H34N6O4/c1-2-46-41-20-15-25-21-26(5-13-33(25)41)36(45)38-28-6-11-31(12-7-28)42-34-14-8-29(22-27(34)23-37-42)39-35(44)24-3-9-30(10-4-24)40-18-16-32(43)17-19-40/h3-15,20-23,32,43H,2,16-19H2,1H3,(H,38,45)(H,39,44). The molecule has 0 spiro atoms. The number of carbonyl (C=O) groups is 2. The summed E-state index contributed by atoms with van der Waals surface area (Å²) >= 11 is 0. The summed E-state index contributed by atoms with van der Waals surface area (Å²) in [5.41, 5.74) is 6.17. The molecule has 2 amide bonds. The van der Waals surface area contributed by atoms with Crippen LogP contribution >= 0.6 is 0 Å². The van der Waals surface area contributed by atoms with E-state index in [1.54, 1.807) is 17.0 Å². The molecule has 4 aromatic carbocycles. The number of nitrogens with zero attached hydrogens (tertiary/aromatic N) is 4. The van der Waals surface area contributed by atoms with Gasteiger partial charge in [-0.05, 0) is 111 Å². The average Bonchev–Trinajstić information content (AvgIpc) is 3.69. The molecule has 1 fully saturated rings. The van der Waals surface area contributed by atoms with Crippen molar-refractivity contribution in [2.75, 3.05) is 35.2 Å². The molecule has 10 nitrogen and oxygen atoms in total. The van der Waals surface area contributed by atoms with E-state index in [1.165, 1.54) is 0 Å². The lowest BCUT2D eigenvalue weighted by atomic mass is 10.1. The molecule has 0 saturated carbocycles. The first-order valence-electron chi connectivity index (χ1n) is 15.4. The van der Waals surface area contributed by atoms with E-state index in [4.69, 9.17) is 4.84 Å². The molecule has 7 rings (SSSR count). The highest BCUT2D eigenvalue weighted by Gasteiger charge is 2.18. The molecule has 0 unspecified atom stereocenters. The molecule has 0 radical (unpaired) electrons. The second-order valence-electron chi connectivity index (χ2n) is 11.4. The topological polar surface area (TPSA) is 114 Å². The summed E-state index contributed by atoms with van der Waals surface area (Å²) in [5.74, 6) is -0.384. The Hall–Kier alpha value is -5.61. The predicted molar refractivity (Wildman–Crippen MR) is 180 cm³/mol. The van der Waals surface area contributed by atoms with Crippen LogP contribution in [0.25, 0.3) is 27.5 Å². The SMILES string of the molecule is CCOn1ccc2cc(C(=O)Nc3ccc(-n4ncc5cc(NC(=O)c6ccc(N7CCC(O)CC7)cc6)ccc54)cc3)ccc21. The Kier molecular flexibility index (Phi) is 7.86. The number of amides is 2. The van der Waals surface area contributed by atoms with Crippen LogP contribution in [0.1, 0.15) is 40.5 Å². The van der Waals surface area contributed by atoms with Crippen molar-refractivity contribution < 1.29 is 19.5 Å². The molecule has 6 aromatic rings.